The summed E-state index contributed by atoms with van der Waals surface area (Å²) < 4.78 is 0. The zero-order chi connectivity index (χ0) is 16.1. The van der Waals surface area contributed by atoms with E-state index in [0.29, 0.717) is 13.1 Å². The molecule has 0 atom stereocenters. The van der Waals surface area contributed by atoms with E-state index in [9.17, 15) is 9.90 Å². The molecule has 0 bridgehead atoms. The van der Waals surface area contributed by atoms with Gasteiger partial charge in [-0.1, -0.05) is 43.9 Å². The number of hydrogen-bond acceptors (Lipinski definition) is 2. The number of fused-ring (bicyclic) bond motifs is 1. The molecule has 0 aliphatic heterocycles. The van der Waals surface area contributed by atoms with Crippen molar-refractivity contribution in [2.24, 2.45) is 0 Å². The summed E-state index contributed by atoms with van der Waals surface area (Å²) in [6, 6.07) is 9.83. The van der Waals surface area contributed by atoms with E-state index in [2.05, 4.69) is 15.6 Å². The molecule has 0 saturated heterocycles. The number of amides is 2. The number of para-hydroxylation sites is 1. The number of aromatic amines is 1. The molecule has 124 valence electrons. The molecule has 1 saturated carbocycles. The van der Waals surface area contributed by atoms with Crippen LogP contribution in [0.2, 0.25) is 0 Å². The number of aromatic nitrogens is 1. The fourth-order valence-electron chi connectivity index (χ4n) is 3.27. The Kier molecular flexibility index (Phi) is 4.86. The number of carbonyl (C=O) groups is 1. The number of H-pyrrole nitrogens is 1. The first kappa shape index (κ1) is 15.9. The van der Waals surface area contributed by atoms with Crippen LogP contribution in [0.1, 0.15) is 44.2 Å². The number of urea groups is 1. The standard InChI is InChI=1S/C18H25N3O2/c22-17(20-13-18(23)9-5-1-2-6-10-18)19-12-15-11-14-7-3-4-8-16(14)21-15/h3-4,7-8,11,21,23H,1-2,5-6,9-10,12-13H2,(H2,19,20,22). The van der Waals surface area contributed by atoms with E-state index in [1.807, 2.05) is 30.3 Å². The van der Waals surface area contributed by atoms with Crippen LogP contribution in [0.4, 0.5) is 4.79 Å². The average molecular weight is 315 g/mol. The van der Waals surface area contributed by atoms with Crippen LogP contribution in [0.5, 0.6) is 0 Å². The minimum atomic E-state index is -0.741. The summed E-state index contributed by atoms with van der Waals surface area (Å²) in [5, 5.41) is 17.3. The number of aliphatic hydroxyl groups is 1. The normalized spacial score (nSPS) is 17.6. The maximum Gasteiger partial charge on any atom is 0.315 e. The molecule has 4 N–H and O–H groups in total. The van der Waals surface area contributed by atoms with Crippen LogP contribution >= 0.6 is 0 Å². The lowest BCUT2D eigenvalue weighted by atomic mass is 9.95. The first-order valence-electron chi connectivity index (χ1n) is 8.45. The van der Waals surface area contributed by atoms with E-state index >= 15 is 0 Å². The van der Waals surface area contributed by atoms with Gasteiger partial charge in [0.2, 0.25) is 0 Å². The Morgan fingerprint density at radius 2 is 1.87 bits per heavy atom. The van der Waals surface area contributed by atoms with Crippen LogP contribution in [-0.2, 0) is 6.54 Å². The Bertz CT molecular complexity index is 624. The second-order valence-corrected chi connectivity index (χ2v) is 6.56. The molecule has 1 aromatic carbocycles. The molecule has 1 fully saturated rings. The smallest absolute Gasteiger partial charge is 0.315 e. The van der Waals surface area contributed by atoms with Crippen LogP contribution in [0.25, 0.3) is 10.9 Å². The van der Waals surface area contributed by atoms with Gasteiger partial charge in [0.15, 0.2) is 0 Å². The second-order valence-electron chi connectivity index (χ2n) is 6.56. The Morgan fingerprint density at radius 1 is 1.13 bits per heavy atom. The lowest BCUT2D eigenvalue weighted by molar-refractivity contribution is 0.0276. The molecule has 1 aliphatic rings. The Balaban J connectivity index is 1.47. The van der Waals surface area contributed by atoms with Crippen molar-refractivity contribution >= 4 is 16.9 Å². The highest BCUT2D eigenvalue weighted by atomic mass is 16.3. The summed E-state index contributed by atoms with van der Waals surface area (Å²) in [6.45, 7) is 0.768. The summed E-state index contributed by atoms with van der Waals surface area (Å²) in [5.41, 5.74) is 1.29. The largest absolute Gasteiger partial charge is 0.388 e. The predicted molar refractivity (Wildman–Crippen MR) is 91.2 cm³/mol. The third-order valence-electron chi connectivity index (χ3n) is 4.64. The molecule has 2 aromatic rings. The van der Waals surface area contributed by atoms with Gasteiger partial charge >= 0.3 is 6.03 Å². The van der Waals surface area contributed by atoms with E-state index in [0.717, 1.165) is 42.3 Å². The minimum Gasteiger partial charge on any atom is -0.388 e. The van der Waals surface area contributed by atoms with Gasteiger partial charge in [0.1, 0.15) is 0 Å². The number of carbonyl (C=O) groups excluding carboxylic acids is 1. The summed E-state index contributed by atoms with van der Waals surface area (Å²) in [5.74, 6) is 0. The molecule has 0 spiro atoms. The highest BCUT2D eigenvalue weighted by molar-refractivity contribution is 5.80. The first-order valence-corrected chi connectivity index (χ1v) is 8.45. The lowest BCUT2D eigenvalue weighted by Gasteiger charge is -2.26. The van der Waals surface area contributed by atoms with Crippen LogP contribution in [-0.4, -0.2) is 28.3 Å². The molecule has 2 amide bonds. The summed E-state index contributed by atoms with van der Waals surface area (Å²) in [7, 11) is 0. The van der Waals surface area contributed by atoms with Gasteiger partial charge in [0.25, 0.3) is 0 Å². The highest BCUT2D eigenvalue weighted by Crippen LogP contribution is 2.26. The zero-order valence-electron chi connectivity index (χ0n) is 13.4. The van der Waals surface area contributed by atoms with Crippen molar-refractivity contribution in [1.82, 2.24) is 15.6 Å². The zero-order valence-corrected chi connectivity index (χ0v) is 13.4. The number of nitrogens with one attached hydrogen (secondary N) is 3. The summed E-state index contributed by atoms with van der Waals surface area (Å²) >= 11 is 0. The van der Waals surface area contributed by atoms with Crippen molar-refractivity contribution in [3.05, 3.63) is 36.0 Å². The second kappa shape index (κ2) is 7.04. The Morgan fingerprint density at radius 3 is 2.61 bits per heavy atom. The molecule has 5 heteroatoms. The summed E-state index contributed by atoms with van der Waals surface area (Å²) in [6.07, 6.45) is 5.97. The van der Waals surface area contributed by atoms with Gasteiger partial charge in [-0.2, -0.15) is 0 Å². The van der Waals surface area contributed by atoms with Crippen molar-refractivity contribution < 1.29 is 9.90 Å². The van der Waals surface area contributed by atoms with Gasteiger partial charge < -0.3 is 20.7 Å². The number of rotatable bonds is 4. The minimum absolute atomic E-state index is 0.235. The van der Waals surface area contributed by atoms with Gasteiger partial charge in [0, 0.05) is 17.8 Å². The average Bonchev–Trinajstić information content (AvgIpc) is 2.85. The van der Waals surface area contributed by atoms with Gasteiger partial charge in [-0.3, -0.25) is 0 Å². The highest BCUT2D eigenvalue weighted by Gasteiger charge is 2.28. The van der Waals surface area contributed by atoms with E-state index in [1.54, 1.807) is 0 Å². The predicted octanol–water partition coefficient (Wildman–Crippen LogP) is 3.05. The molecule has 3 rings (SSSR count). The van der Waals surface area contributed by atoms with Gasteiger partial charge in [-0.05, 0) is 30.4 Å². The van der Waals surface area contributed by atoms with Crippen molar-refractivity contribution in [2.45, 2.75) is 50.7 Å². The molecule has 1 aliphatic carbocycles. The van der Waals surface area contributed by atoms with Crippen LogP contribution in [0.3, 0.4) is 0 Å². The molecule has 0 radical (unpaired) electrons. The Hall–Kier alpha value is -2.01. The number of benzene rings is 1. The van der Waals surface area contributed by atoms with Gasteiger partial charge in [0.05, 0.1) is 12.1 Å². The monoisotopic (exact) mass is 315 g/mol. The third-order valence-corrected chi connectivity index (χ3v) is 4.64. The first-order chi connectivity index (χ1) is 11.1. The lowest BCUT2D eigenvalue weighted by Crippen LogP contribution is -2.46. The fourth-order valence-corrected chi connectivity index (χ4v) is 3.27. The molecule has 1 aromatic heterocycles. The number of hydrogen-bond donors (Lipinski definition) is 4. The maximum atomic E-state index is 12.0. The van der Waals surface area contributed by atoms with E-state index < -0.39 is 5.60 Å². The van der Waals surface area contributed by atoms with Gasteiger partial charge in [-0.25, -0.2) is 4.79 Å². The van der Waals surface area contributed by atoms with E-state index in [-0.39, 0.29) is 6.03 Å². The summed E-state index contributed by atoms with van der Waals surface area (Å²) in [4.78, 5) is 15.2. The van der Waals surface area contributed by atoms with Crippen molar-refractivity contribution in [2.75, 3.05) is 6.54 Å². The topological polar surface area (TPSA) is 77.2 Å². The van der Waals surface area contributed by atoms with Crippen molar-refractivity contribution in [3.63, 3.8) is 0 Å². The molecule has 5 nitrogen and oxygen atoms in total. The quantitative estimate of drug-likeness (QED) is 0.655. The van der Waals surface area contributed by atoms with Crippen molar-refractivity contribution in [3.8, 4) is 0 Å². The van der Waals surface area contributed by atoms with Gasteiger partial charge in [-0.15, -0.1) is 0 Å². The fraction of sp³-hybridized carbons (Fsp3) is 0.500. The van der Waals surface area contributed by atoms with Crippen molar-refractivity contribution in [1.29, 1.82) is 0 Å². The van der Waals surface area contributed by atoms with Crippen LogP contribution in [0.15, 0.2) is 30.3 Å². The third kappa shape index (κ3) is 4.26. The SMILES string of the molecule is O=C(NCc1cc2ccccc2[nH]1)NCC1(O)CCCCCC1. The molecule has 0 unspecified atom stereocenters. The Labute approximate surface area is 136 Å². The molecular formula is C18H25N3O2. The van der Waals surface area contributed by atoms with Crippen LogP contribution in [0, 0.1) is 0 Å². The molecule has 1 heterocycles. The van der Waals surface area contributed by atoms with E-state index in [1.165, 1.54) is 12.8 Å². The van der Waals surface area contributed by atoms with Crippen LogP contribution < -0.4 is 10.6 Å². The van der Waals surface area contributed by atoms with E-state index in [4.69, 9.17) is 0 Å². The molecule has 23 heavy (non-hydrogen) atoms. The molecular weight excluding hydrogens is 290 g/mol. The maximum absolute atomic E-state index is 12.0.